The summed E-state index contributed by atoms with van der Waals surface area (Å²) in [5.41, 5.74) is 0. The van der Waals surface area contributed by atoms with E-state index in [0.717, 1.165) is 6.26 Å². The van der Waals surface area contributed by atoms with E-state index in [0.29, 0.717) is 13.2 Å². The molecule has 0 fully saturated rings. The molecule has 0 aromatic rings. The Morgan fingerprint density at radius 2 is 1.67 bits per heavy atom. The molecule has 0 aliphatic heterocycles. The van der Waals surface area contributed by atoms with Crippen LogP contribution in [0.4, 0.5) is 0 Å². The summed E-state index contributed by atoms with van der Waals surface area (Å²) in [4.78, 5) is 0. The molecule has 0 N–H and O–H groups in total. The van der Waals surface area contributed by atoms with Crippen LogP contribution in [-0.4, -0.2) is 34.0 Å². The molecule has 0 amide bonds. The van der Waals surface area contributed by atoms with Gasteiger partial charge in [0.25, 0.3) is 10.0 Å². The van der Waals surface area contributed by atoms with Crippen molar-refractivity contribution in [2.75, 3.05) is 19.5 Å². The number of ether oxygens (including phenoxy) is 2. The number of rotatable bonds is 3. The lowest BCUT2D eigenvalue weighted by atomic mass is 10.8. The molecule has 0 heterocycles. The van der Waals surface area contributed by atoms with Gasteiger partial charge in [-0.15, -0.1) is 0 Å². The lowest BCUT2D eigenvalue weighted by Gasteiger charge is -2.05. The Labute approximate surface area is 72.4 Å². The molecule has 0 aromatic carbocycles. The zero-order valence-corrected chi connectivity index (χ0v) is 8.22. The molecule has 0 aliphatic carbocycles. The second-order valence-electron chi connectivity index (χ2n) is 1.96. The van der Waals surface area contributed by atoms with E-state index in [4.69, 9.17) is 9.47 Å². The van der Waals surface area contributed by atoms with Gasteiger partial charge >= 0.3 is 6.08 Å². The first-order chi connectivity index (χ1) is 5.49. The fourth-order valence-electron chi connectivity index (χ4n) is 0.477. The van der Waals surface area contributed by atoms with Crippen LogP contribution in [0.3, 0.4) is 0 Å². The minimum atomic E-state index is -3.43. The Kier molecular flexibility index (Phi) is 4.65. The molecule has 0 aromatic heterocycles. The first-order valence-electron chi connectivity index (χ1n) is 3.55. The minimum absolute atomic E-state index is 0.192. The molecule has 0 rings (SSSR count). The van der Waals surface area contributed by atoms with Gasteiger partial charge in [-0.3, -0.25) is 0 Å². The van der Waals surface area contributed by atoms with E-state index in [1.807, 2.05) is 0 Å². The number of nitrogens with zero attached hydrogens (tertiary/aromatic N) is 1. The maximum Gasteiger partial charge on any atom is 0.399 e. The van der Waals surface area contributed by atoms with Crippen LogP contribution in [0.15, 0.2) is 4.40 Å². The predicted octanol–water partition coefficient (Wildman–Crippen LogP) is 0.375. The Bertz CT molecular complexity index is 236. The highest BCUT2D eigenvalue weighted by atomic mass is 32.2. The van der Waals surface area contributed by atoms with Gasteiger partial charge in [0.1, 0.15) is 0 Å². The zero-order chi connectivity index (χ0) is 9.61. The lowest BCUT2D eigenvalue weighted by Crippen LogP contribution is -2.12. The first kappa shape index (κ1) is 11.2. The Balaban J connectivity index is 4.38. The molecular weight excluding hydrogens is 182 g/mol. The van der Waals surface area contributed by atoms with Gasteiger partial charge in [0.05, 0.1) is 19.5 Å². The van der Waals surface area contributed by atoms with Gasteiger partial charge in [-0.05, 0) is 13.8 Å². The average molecular weight is 195 g/mol. The third-order valence-corrected chi connectivity index (χ3v) is 1.26. The smallest absolute Gasteiger partial charge is 0.399 e. The largest absolute Gasteiger partial charge is 0.450 e. The number of sulfonamides is 1. The molecular formula is C6H13NO4S. The predicted molar refractivity (Wildman–Crippen MR) is 45.5 cm³/mol. The molecule has 0 saturated carbocycles. The molecule has 0 atom stereocenters. The van der Waals surface area contributed by atoms with Gasteiger partial charge in [-0.2, -0.15) is 0 Å². The summed E-state index contributed by atoms with van der Waals surface area (Å²) in [7, 11) is -3.43. The maximum atomic E-state index is 10.6. The summed E-state index contributed by atoms with van der Waals surface area (Å²) in [6, 6.07) is 0. The average Bonchev–Trinajstić information content (AvgIpc) is 1.84. The fourth-order valence-corrected chi connectivity index (χ4v) is 0.853. The quantitative estimate of drug-likeness (QED) is 0.482. The molecule has 0 aliphatic rings. The fraction of sp³-hybridized carbons (Fsp3) is 0.833. The molecule has 12 heavy (non-hydrogen) atoms. The summed E-state index contributed by atoms with van der Waals surface area (Å²) in [6.07, 6.45) is 0.785. The van der Waals surface area contributed by atoms with Crippen molar-refractivity contribution < 1.29 is 17.9 Å². The minimum Gasteiger partial charge on any atom is -0.450 e. The third-order valence-electron chi connectivity index (χ3n) is 0.776. The highest BCUT2D eigenvalue weighted by Gasteiger charge is 2.05. The zero-order valence-electron chi connectivity index (χ0n) is 7.40. The van der Waals surface area contributed by atoms with Gasteiger partial charge in [-0.1, -0.05) is 4.40 Å². The van der Waals surface area contributed by atoms with Gasteiger partial charge < -0.3 is 9.47 Å². The molecule has 6 heteroatoms. The van der Waals surface area contributed by atoms with Gasteiger partial charge in [0.15, 0.2) is 0 Å². The van der Waals surface area contributed by atoms with Crippen LogP contribution in [-0.2, 0) is 19.5 Å². The second kappa shape index (κ2) is 4.97. The summed E-state index contributed by atoms with van der Waals surface area (Å²) in [6.45, 7) is 4.09. The van der Waals surface area contributed by atoms with Gasteiger partial charge in [0, 0.05) is 0 Å². The Hall–Kier alpha value is -0.780. The van der Waals surface area contributed by atoms with Crippen LogP contribution >= 0.6 is 0 Å². The van der Waals surface area contributed by atoms with E-state index in [1.54, 1.807) is 13.8 Å². The highest BCUT2D eigenvalue weighted by Crippen LogP contribution is 1.92. The van der Waals surface area contributed by atoms with Crippen LogP contribution in [0.1, 0.15) is 13.8 Å². The van der Waals surface area contributed by atoms with Crippen LogP contribution in [0.25, 0.3) is 0 Å². The Morgan fingerprint density at radius 1 is 1.25 bits per heavy atom. The SMILES string of the molecule is CCOC(=NS(C)(=O)=O)OCC. The van der Waals surface area contributed by atoms with Crippen LogP contribution in [0, 0.1) is 0 Å². The number of hydrogen-bond donors (Lipinski definition) is 0. The van der Waals surface area contributed by atoms with E-state index in [9.17, 15) is 8.42 Å². The van der Waals surface area contributed by atoms with Crippen molar-refractivity contribution in [3.05, 3.63) is 0 Å². The molecule has 5 nitrogen and oxygen atoms in total. The van der Waals surface area contributed by atoms with Crippen molar-refractivity contribution in [1.29, 1.82) is 0 Å². The summed E-state index contributed by atoms with van der Waals surface area (Å²) >= 11 is 0. The van der Waals surface area contributed by atoms with Crippen LogP contribution in [0.5, 0.6) is 0 Å². The van der Waals surface area contributed by atoms with Crippen molar-refractivity contribution in [3.63, 3.8) is 0 Å². The van der Waals surface area contributed by atoms with Gasteiger partial charge in [0.2, 0.25) is 0 Å². The Morgan fingerprint density at radius 3 is 1.92 bits per heavy atom. The maximum absolute atomic E-state index is 10.6. The second-order valence-corrected chi connectivity index (χ2v) is 3.60. The molecule has 72 valence electrons. The van der Waals surface area contributed by atoms with Crippen molar-refractivity contribution in [3.8, 4) is 0 Å². The standard InChI is InChI=1S/C6H13NO4S/c1-4-10-6(11-5-2)7-12(3,8)9/h4-5H2,1-3H3. The van der Waals surface area contributed by atoms with E-state index in [-0.39, 0.29) is 6.08 Å². The van der Waals surface area contributed by atoms with Crippen molar-refractivity contribution in [2.45, 2.75) is 13.8 Å². The monoisotopic (exact) mass is 195 g/mol. The molecule has 0 saturated heterocycles. The molecule has 0 unspecified atom stereocenters. The molecule has 0 radical (unpaired) electrons. The van der Waals surface area contributed by atoms with Crippen molar-refractivity contribution in [2.24, 2.45) is 4.40 Å². The van der Waals surface area contributed by atoms with Crippen molar-refractivity contribution >= 4 is 16.1 Å². The van der Waals surface area contributed by atoms with E-state index in [1.165, 1.54) is 0 Å². The molecule has 0 spiro atoms. The van der Waals surface area contributed by atoms with E-state index < -0.39 is 10.0 Å². The third kappa shape index (κ3) is 5.96. The normalized spacial score (nSPS) is 10.6. The van der Waals surface area contributed by atoms with E-state index in [2.05, 4.69) is 4.40 Å². The number of hydrogen-bond acceptors (Lipinski definition) is 4. The summed E-state index contributed by atoms with van der Waals surface area (Å²) in [5, 5.41) is 0. The topological polar surface area (TPSA) is 65.0 Å². The van der Waals surface area contributed by atoms with Crippen LogP contribution in [0.2, 0.25) is 0 Å². The van der Waals surface area contributed by atoms with Crippen molar-refractivity contribution in [1.82, 2.24) is 0 Å². The first-order valence-corrected chi connectivity index (χ1v) is 5.40. The lowest BCUT2D eigenvalue weighted by molar-refractivity contribution is 0.182. The molecule has 0 bridgehead atoms. The summed E-state index contributed by atoms with van der Waals surface area (Å²) < 4.78 is 34.1. The summed E-state index contributed by atoms with van der Waals surface area (Å²) in [5.74, 6) is 0. The van der Waals surface area contributed by atoms with Crippen LogP contribution < -0.4 is 0 Å². The van der Waals surface area contributed by atoms with Gasteiger partial charge in [-0.25, -0.2) is 8.42 Å². The highest BCUT2D eigenvalue weighted by molar-refractivity contribution is 7.89. The van der Waals surface area contributed by atoms with E-state index >= 15 is 0 Å².